The van der Waals surface area contributed by atoms with E-state index in [1.807, 2.05) is 13.0 Å². The van der Waals surface area contributed by atoms with Gasteiger partial charge in [-0.25, -0.2) is 14.3 Å². The van der Waals surface area contributed by atoms with E-state index in [9.17, 15) is 9.18 Å². The Morgan fingerprint density at radius 3 is 2.89 bits per heavy atom. The van der Waals surface area contributed by atoms with Crippen LogP contribution in [0.4, 0.5) is 4.39 Å². The van der Waals surface area contributed by atoms with Gasteiger partial charge in [0.15, 0.2) is 5.16 Å². The van der Waals surface area contributed by atoms with Crippen LogP contribution in [0.5, 0.6) is 0 Å². The third-order valence-electron chi connectivity index (χ3n) is 2.56. The highest BCUT2D eigenvalue weighted by molar-refractivity contribution is 7.99. The standard InChI is InChI=1S/C12H15FN4OS/c1-3-14-7-8-4-9(13)6-10(5-8)19-12-16-15-11(18)17(12)2/h4-6,14H,3,7H2,1-2H3,(H,15,18). The molecule has 2 N–H and O–H groups in total. The molecule has 1 heterocycles. The smallest absolute Gasteiger partial charge is 0.313 e. The zero-order chi connectivity index (χ0) is 13.8. The molecule has 102 valence electrons. The van der Waals surface area contributed by atoms with Crippen molar-refractivity contribution in [1.29, 1.82) is 0 Å². The number of benzene rings is 1. The summed E-state index contributed by atoms with van der Waals surface area (Å²) < 4.78 is 14.9. The first-order valence-corrected chi connectivity index (χ1v) is 6.71. The van der Waals surface area contributed by atoms with E-state index in [1.165, 1.54) is 28.5 Å². The lowest BCUT2D eigenvalue weighted by molar-refractivity contribution is 0.617. The van der Waals surface area contributed by atoms with Gasteiger partial charge in [0.2, 0.25) is 0 Å². The quantitative estimate of drug-likeness (QED) is 0.872. The first-order chi connectivity index (χ1) is 9.10. The second kappa shape index (κ2) is 6.03. The molecular formula is C12H15FN4OS. The predicted molar refractivity (Wildman–Crippen MR) is 71.7 cm³/mol. The van der Waals surface area contributed by atoms with Crippen LogP contribution in [0.3, 0.4) is 0 Å². The molecule has 0 amide bonds. The van der Waals surface area contributed by atoms with Gasteiger partial charge in [-0.15, -0.1) is 5.10 Å². The van der Waals surface area contributed by atoms with Crippen LogP contribution < -0.4 is 11.0 Å². The molecule has 0 aliphatic carbocycles. The molecular weight excluding hydrogens is 267 g/mol. The van der Waals surface area contributed by atoms with Crippen molar-refractivity contribution >= 4 is 11.8 Å². The zero-order valence-corrected chi connectivity index (χ0v) is 11.6. The van der Waals surface area contributed by atoms with Crippen molar-refractivity contribution in [3.05, 3.63) is 40.1 Å². The Morgan fingerprint density at radius 1 is 1.47 bits per heavy atom. The lowest BCUT2D eigenvalue weighted by atomic mass is 10.2. The van der Waals surface area contributed by atoms with Gasteiger partial charge in [-0.3, -0.25) is 4.57 Å². The molecule has 0 fully saturated rings. The number of aromatic nitrogens is 3. The van der Waals surface area contributed by atoms with Crippen LogP contribution in [0.1, 0.15) is 12.5 Å². The number of H-pyrrole nitrogens is 1. The average Bonchev–Trinajstić information content (AvgIpc) is 2.68. The average molecular weight is 282 g/mol. The molecule has 0 saturated heterocycles. The van der Waals surface area contributed by atoms with E-state index < -0.39 is 0 Å². The second-order valence-electron chi connectivity index (χ2n) is 4.05. The molecule has 2 rings (SSSR count). The van der Waals surface area contributed by atoms with E-state index in [1.54, 1.807) is 7.05 Å². The predicted octanol–water partition coefficient (Wildman–Crippen LogP) is 1.51. The Labute approximate surface area is 114 Å². The van der Waals surface area contributed by atoms with Gasteiger partial charge in [0.25, 0.3) is 0 Å². The van der Waals surface area contributed by atoms with Gasteiger partial charge in [0.1, 0.15) is 5.82 Å². The first kappa shape index (κ1) is 13.8. The zero-order valence-electron chi connectivity index (χ0n) is 10.7. The molecule has 5 nitrogen and oxygen atoms in total. The summed E-state index contributed by atoms with van der Waals surface area (Å²) >= 11 is 1.25. The summed E-state index contributed by atoms with van der Waals surface area (Å²) in [4.78, 5) is 12.0. The number of hydrogen-bond donors (Lipinski definition) is 2. The molecule has 2 aromatic rings. The van der Waals surface area contributed by atoms with Crippen LogP contribution in [-0.4, -0.2) is 21.3 Å². The summed E-state index contributed by atoms with van der Waals surface area (Å²) in [5.74, 6) is -0.293. The fourth-order valence-corrected chi connectivity index (χ4v) is 2.48. The normalized spacial score (nSPS) is 10.9. The number of nitrogens with zero attached hydrogens (tertiary/aromatic N) is 2. The maximum absolute atomic E-state index is 13.5. The van der Waals surface area contributed by atoms with Gasteiger partial charge in [0.05, 0.1) is 0 Å². The van der Waals surface area contributed by atoms with Crippen molar-refractivity contribution in [3.63, 3.8) is 0 Å². The third kappa shape index (κ3) is 3.45. The monoisotopic (exact) mass is 282 g/mol. The van der Waals surface area contributed by atoms with Gasteiger partial charge in [0, 0.05) is 18.5 Å². The molecule has 0 aliphatic heterocycles. The van der Waals surface area contributed by atoms with E-state index in [2.05, 4.69) is 15.5 Å². The van der Waals surface area contributed by atoms with Crippen molar-refractivity contribution in [2.45, 2.75) is 23.5 Å². The van der Waals surface area contributed by atoms with E-state index in [0.29, 0.717) is 11.7 Å². The summed E-state index contributed by atoms with van der Waals surface area (Å²) in [5.41, 5.74) is 0.580. The van der Waals surface area contributed by atoms with Gasteiger partial charge in [-0.05, 0) is 42.1 Å². The third-order valence-corrected chi connectivity index (χ3v) is 3.58. The van der Waals surface area contributed by atoms with Crippen molar-refractivity contribution in [2.24, 2.45) is 7.05 Å². The molecule has 0 unspecified atom stereocenters. The van der Waals surface area contributed by atoms with Crippen LogP contribution in [0.2, 0.25) is 0 Å². The van der Waals surface area contributed by atoms with E-state index in [0.717, 1.165) is 17.0 Å². The SMILES string of the molecule is CCNCc1cc(F)cc(Sc2n[nH]c(=O)n2C)c1. The highest BCUT2D eigenvalue weighted by Crippen LogP contribution is 2.26. The van der Waals surface area contributed by atoms with Crippen LogP contribution >= 0.6 is 11.8 Å². The Bertz CT molecular complexity index is 622. The molecule has 1 aromatic carbocycles. The topological polar surface area (TPSA) is 62.7 Å². The minimum absolute atomic E-state index is 0.285. The maximum atomic E-state index is 13.5. The van der Waals surface area contributed by atoms with Crippen molar-refractivity contribution in [2.75, 3.05) is 6.54 Å². The van der Waals surface area contributed by atoms with Crippen LogP contribution in [0.15, 0.2) is 33.0 Å². The van der Waals surface area contributed by atoms with Gasteiger partial charge < -0.3 is 5.32 Å². The van der Waals surface area contributed by atoms with Crippen molar-refractivity contribution < 1.29 is 4.39 Å². The van der Waals surface area contributed by atoms with Gasteiger partial charge in [-0.1, -0.05) is 6.92 Å². The van der Waals surface area contributed by atoms with Crippen LogP contribution in [0.25, 0.3) is 0 Å². The number of nitrogens with one attached hydrogen (secondary N) is 2. The van der Waals surface area contributed by atoms with Crippen LogP contribution in [0, 0.1) is 5.82 Å². The number of hydrogen-bond acceptors (Lipinski definition) is 4. The summed E-state index contributed by atoms with van der Waals surface area (Å²) in [6, 6.07) is 4.81. The van der Waals surface area contributed by atoms with Gasteiger partial charge in [-0.2, -0.15) is 0 Å². The first-order valence-electron chi connectivity index (χ1n) is 5.89. The molecule has 19 heavy (non-hydrogen) atoms. The summed E-state index contributed by atoms with van der Waals surface area (Å²) in [6.07, 6.45) is 0. The minimum atomic E-state index is -0.293. The molecule has 1 aromatic heterocycles. The molecule has 0 aliphatic rings. The Balaban J connectivity index is 2.22. The summed E-state index contributed by atoms with van der Waals surface area (Å²) in [5, 5.41) is 9.88. The molecule has 0 saturated carbocycles. The fourth-order valence-electron chi connectivity index (χ4n) is 1.58. The Morgan fingerprint density at radius 2 is 2.26 bits per heavy atom. The van der Waals surface area contributed by atoms with Crippen molar-refractivity contribution in [1.82, 2.24) is 20.1 Å². The maximum Gasteiger partial charge on any atom is 0.343 e. The van der Waals surface area contributed by atoms with E-state index in [4.69, 9.17) is 0 Å². The summed E-state index contributed by atoms with van der Waals surface area (Å²) in [6.45, 7) is 3.43. The van der Waals surface area contributed by atoms with Crippen molar-refractivity contribution in [3.8, 4) is 0 Å². The highest BCUT2D eigenvalue weighted by atomic mass is 32.2. The minimum Gasteiger partial charge on any atom is -0.313 e. The van der Waals surface area contributed by atoms with Crippen LogP contribution in [-0.2, 0) is 13.6 Å². The number of halogens is 1. The number of rotatable bonds is 5. The van der Waals surface area contributed by atoms with E-state index in [-0.39, 0.29) is 11.5 Å². The number of aromatic amines is 1. The fraction of sp³-hybridized carbons (Fsp3) is 0.333. The molecule has 0 spiro atoms. The summed E-state index contributed by atoms with van der Waals surface area (Å²) in [7, 11) is 1.62. The lowest BCUT2D eigenvalue weighted by Crippen LogP contribution is -2.13. The molecule has 0 radical (unpaired) electrons. The Kier molecular flexibility index (Phi) is 4.39. The van der Waals surface area contributed by atoms with E-state index >= 15 is 0 Å². The molecule has 0 atom stereocenters. The van der Waals surface area contributed by atoms with Gasteiger partial charge >= 0.3 is 5.69 Å². The molecule has 0 bridgehead atoms. The Hall–Kier alpha value is -1.60. The largest absolute Gasteiger partial charge is 0.343 e. The lowest BCUT2D eigenvalue weighted by Gasteiger charge is -2.06. The highest BCUT2D eigenvalue weighted by Gasteiger charge is 2.08. The second-order valence-corrected chi connectivity index (χ2v) is 5.09. The molecule has 7 heteroatoms.